The number of carbonyl (C=O) groups excluding carboxylic acids is 1. The molecule has 0 fully saturated rings. The number of halogens is 1. The van der Waals surface area contributed by atoms with Crippen LogP contribution < -0.4 is 5.32 Å². The Balaban J connectivity index is 3.19. The Labute approximate surface area is 77.7 Å². The fourth-order valence-electron chi connectivity index (χ4n) is 0.591. The molecule has 12 heavy (non-hydrogen) atoms. The van der Waals surface area contributed by atoms with E-state index in [0.717, 1.165) is 6.42 Å². The predicted octanol–water partition coefficient (Wildman–Crippen LogP) is 1.28. The molecule has 0 saturated carbocycles. The van der Waals surface area contributed by atoms with Crippen LogP contribution in [-0.4, -0.2) is 24.4 Å². The average Bonchev–Trinajstić information content (AvgIpc) is 2.03. The van der Waals surface area contributed by atoms with Crippen molar-refractivity contribution < 1.29 is 9.53 Å². The van der Waals surface area contributed by atoms with E-state index in [1.54, 1.807) is 6.92 Å². The highest BCUT2D eigenvalue weighted by Gasteiger charge is 2.06. The molecule has 0 aliphatic carbocycles. The normalized spacial score (nSPS) is 11.8. The Morgan fingerprint density at radius 2 is 2.50 bits per heavy atom. The van der Waals surface area contributed by atoms with Gasteiger partial charge in [0.2, 0.25) is 5.91 Å². The maximum absolute atomic E-state index is 10.9. The second-order valence-corrected chi connectivity index (χ2v) is 2.95. The molecular weight excluding hydrogens is 178 g/mol. The molecule has 3 nitrogen and oxygen atoms in total. The third-order valence-corrected chi connectivity index (χ3v) is 1.42. The fraction of sp³-hybridized carbons (Fsp3) is 0.625. The molecule has 1 amide bonds. The molecule has 0 aliphatic heterocycles. The first kappa shape index (κ1) is 11.3. The molecule has 0 aromatic heterocycles. The minimum atomic E-state index is -0.467. The van der Waals surface area contributed by atoms with Crippen LogP contribution in [0.25, 0.3) is 0 Å². The second kappa shape index (κ2) is 6.98. The van der Waals surface area contributed by atoms with E-state index in [4.69, 9.17) is 16.3 Å². The SMILES string of the molecule is C=COCCCNC(=O)C(C)Cl. The largest absolute Gasteiger partial charge is 0.502 e. The zero-order valence-corrected chi connectivity index (χ0v) is 7.93. The third kappa shape index (κ3) is 6.04. The van der Waals surface area contributed by atoms with Crippen LogP contribution in [0.15, 0.2) is 12.8 Å². The summed E-state index contributed by atoms with van der Waals surface area (Å²) in [5, 5.41) is 2.19. The van der Waals surface area contributed by atoms with Crippen molar-refractivity contribution in [1.29, 1.82) is 0 Å². The van der Waals surface area contributed by atoms with Gasteiger partial charge < -0.3 is 10.1 Å². The number of hydrogen-bond donors (Lipinski definition) is 1. The van der Waals surface area contributed by atoms with E-state index in [1.807, 2.05) is 0 Å². The van der Waals surface area contributed by atoms with Crippen LogP contribution >= 0.6 is 11.6 Å². The van der Waals surface area contributed by atoms with Crippen LogP contribution in [0, 0.1) is 0 Å². The lowest BCUT2D eigenvalue weighted by Crippen LogP contribution is -2.30. The molecule has 1 atom stereocenters. The van der Waals surface area contributed by atoms with Crippen LogP contribution in [0.5, 0.6) is 0 Å². The van der Waals surface area contributed by atoms with Crippen LogP contribution in [0.3, 0.4) is 0 Å². The zero-order chi connectivity index (χ0) is 9.40. The zero-order valence-electron chi connectivity index (χ0n) is 7.18. The van der Waals surface area contributed by atoms with Gasteiger partial charge >= 0.3 is 0 Å². The second-order valence-electron chi connectivity index (χ2n) is 2.30. The molecule has 0 saturated heterocycles. The van der Waals surface area contributed by atoms with Crippen molar-refractivity contribution in [3.63, 3.8) is 0 Å². The summed E-state index contributed by atoms with van der Waals surface area (Å²) in [4.78, 5) is 10.9. The average molecular weight is 192 g/mol. The number of ether oxygens (including phenoxy) is 1. The Morgan fingerprint density at radius 1 is 1.83 bits per heavy atom. The Bertz CT molecular complexity index is 148. The number of nitrogens with one attached hydrogen (secondary N) is 1. The lowest BCUT2D eigenvalue weighted by atomic mass is 10.4. The van der Waals surface area contributed by atoms with Crippen molar-refractivity contribution in [2.75, 3.05) is 13.2 Å². The van der Waals surface area contributed by atoms with Gasteiger partial charge in [0, 0.05) is 6.54 Å². The van der Waals surface area contributed by atoms with Gasteiger partial charge in [-0.25, -0.2) is 0 Å². The van der Waals surface area contributed by atoms with Crippen molar-refractivity contribution in [2.45, 2.75) is 18.7 Å². The van der Waals surface area contributed by atoms with E-state index in [2.05, 4.69) is 11.9 Å². The highest BCUT2D eigenvalue weighted by atomic mass is 35.5. The van der Waals surface area contributed by atoms with Crippen LogP contribution in [0.2, 0.25) is 0 Å². The van der Waals surface area contributed by atoms with Gasteiger partial charge in [0.1, 0.15) is 5.38 Å². The minimum Gasteiger partial charge on any atom is -0.502 e. The molecule has 0 aliphatic rings. The Kier molecular flexibility index (Phi) is 6.57. The first-order valence-electron chi connectivity index (χ1n) is 3.82. The maximum Gasteiger partial charge on any atom is 0.237 e. The summed E-state index contributed by atoms with van der Waals surface area (Å²) >= 11 is 5.51. The minimum absolute atomic E-state index is 0.143. The molecular formula is C8H14ClNO2. The van der Waals surface area contributed by atoms with Crippen LogP contribution in [-0.2, 0) is 9.53 Å². The molecule has 4 heteroatoms. The fourth-order valence-corrected chi connectivity index (χ4v) is 0.668. The van der Waals surface area contributed by atoms with Crippen LogP contribution in [0.1, 0.15) is 13.3 Å². The van der Waals surface area contributed by atoms with Gasteiger partial charge in [-0.15, -0.1) is 11.6 Å². The van der Waals surface area contributed by atoms with Crippen molar-refractivity contribution in [3.05, 3.63) is 12.8 Å². The quantitative estimate of drug-likeness (QED) is 0.390. The van der Waals surface area contributed by atoms with E-state index in [9.17, 15) is 4.79 Å². The lowest BCUT2D eigenvalue weighted by Gasteiger charge is -2.05. The molecule has 0 radical (unpaired) electrons. The summed E-state index contributed by atoms with van der Waals surface area (Å²) in [5.74, 6) is -0.143. The molecule has 0 aromatic rings. The summed E-state index contributed by atoms with van der Waals surface area (Å²) in [6.45, 7) is 6.18. The van der Waals surface area contributed by atoms with Crippen LogP contribution in [0.4, 0.5) is 0 Å². The van der Waals surface area contributed by atoms with Crippen molar-refractivity contribution >= 4 is 17.5 Å². The van der Waals surface area contributed by atoms with E-state index in [1.165, 1.54) is 6.26 Å². The maximum atomic E-state index is 10.9. The summed E-state index contributed by atoms with van der Waals surface area (Å²) in [6.07, 6.45) is 2.15. The monoisotopic (exact) mass is 191 g/mol. The van der Waals surface area contributed by atoms with Crippen molar-refractivity contribution in [2.24, 2.45) is 0 Å². The molecule has 1 unspecified atom stereocenters. The predicted molar refractivity (Wildman–Crippen MR) is 49.1 cm³/mol. The standard InChI is InChI=1S/C8H14ClNO2/c1-3-12-6-4-5-10-8(11)7(2)9/h3,7H,1,4-6H2,2H3,(H,10,11). The first-order chi connectivity index (χ1) is 5.68. The molecule has 0 heterocycles. The van der Waals surface area contributed by atoms with Gasteiger partial charge in [-0.1, -0.05) is 6.58 Å². The summed E-state index contributed by atoms with van der Waals surface area (Å²) in [5.41, 5.74) is 0. The number of alkyl halides is 1. The summed E-state index contributed by atoms with van der Waals surface area (Å²) < 4.78 is 4.86. The molecule has 0 spiro atoms. The molecule has 1 N–H and O–H groups in total. The lowest BCUT2D eigenvalue weighted by molar-refractivity contribution is -0.120. The Morgan fingerprint density at radius 3 is 3.00 bits per heavy atom. The van der Waals surface area contributed by atoms with E-state index in [0.29, 0.717) is 13.2 Å². The van der Waals surface area contributed by atoms with Gasteiger partial charge in [-0.3, -0.25) is 4.79 Å². The molecule has 0 bridgehead atoms. The number of rotatable bonds is 6. The molecule has 0 rings (SSSR count). The molecule has 70 valence electrons. The smallest absolute Gasteiger partial charge is 0.237 e. The van der Waals surface area contributed by atoms with Crippen molar-refractivity contribution in [1.82, 2.24) is 5.32 Å². The van der Waals surface area contributed by atoms with E-state index >= 15 is 0 Å². The van der Waals surface area contributed by atoms with Gasteiger partial charge in [0.15, 0.2) is 0 Å². The van der Waals surface area contributed by atoms with Gasteiger partial charge in [-0.05, 0) is 13.3 Å². The van der Waals surface area contributed by atoms with Gasteiger partial charge in [0.05, 0.1) is 12.9 Å². The Hall–Kier alpha value is -0.700. The van der Waals surface area contributed by atoms with E-state index in [-0.39, 0.29) is 5.91 Å². The van der Waals surface area contributed by atoms with E-state index < -0.39 is 5.38 Å². The summed E-state index contributed by atoms with van der Waals surface area (Å²) in [7, 11) is 0. The first-order valence-corrected chi connectivity index (χ1v) is 4.26. The topological polar surface area (TPSA) is 38.3 Å². The van der Waals surface area contributed by atoms with Crippen molar-refractivity contribution in [3.8, 4) is 0 Å². The third-order valence-electron chi connectivity index (χ3n) is 1.22. The van der Waals surface area contributed by atoms with Gasteiger partial charge in [0.25, 0.3) is 0 Å². The highest BCUT2D eigenvalue weighted by molar-refractivity contribution is 6.30. The number of carbonyl (C=O) groups is 1. The number of hydrogen-bond acceptors (Lipinski definition) is 2. The highest BCUT2D eigenvalue weighted by Crippen LogP contribution is 1.92. The number of amides is 1. The van der Waals surface area contributed by atoms with Gasteiger partial charge in [-0.2, -0.15) is 0 Å². The summed E-state index contributed by atoms with van der Waals surface area (Å²) in [6, 6.07) is 0. The molecule has 0 aromatic carbocycles.